The van der Waals surface area contributed by atoms with Crippen molar-refractivity contribution in [3.05, 3.63) is 261 Å². The molecule has 4 nitrogen and oxygen atoms in total. The smallest absolute Gasteiger partial charge is 0.179 e. The Labute approximate surface area is 396 Å². The van der Waals surface area contributed by atoms with E-state index >= 15 is 0 Å². The molecule has 0 unspecified atom stereocenters. The van der Waals surface area contributed by atoms with E-state index < -0.39 is 8.07 Å². The summed E-state index contributed by atoms with van der Waals surface area (Å²) in [6.45, 7) is 0. The molecule has 0 bridgehead atoms. The first-order valence-corrected chi connectivity index (χ1v) is 25.0. The summed E-state index contributed by atoms with van der Waals surface area (Å²) < 4.78 is 6.40. The Morgan fingerprint density at radius 2 is 0.721 bits per heavy atom. The summed E-state index contributed by atoms with van der Waals surface area (Å²) in [7, 11) is -2.88. The number of rotatable bonds is 10. The van der Waals surface area contributed by atoms with Gasteiger partial charge in [0.15, 0.2) is 25.5 Å². The van der Waals surface area contributed by atoms with Crippen LogP contribution in [0.5, 0.6) is 0 Å². The number of aromatic nitrogens is 3. The van der Waals surface area contributed by atoms with Crippen molar-refractivity contribution >= 4 is 50.8 Å². The van der Waals surface area contributed by atoms with Crippen molar-refractivity contribution in [2.24, 2.45) is 0 Å². The van der Waals surface area contributed by atoms with Crippen LogP contribution in [-0.4, -0.2) is 23.0 Å². The van der Waals surface area contributed by atoms with Gasteiger partial charge in [0.2, 0.25) is 0 Å². The second-order valence-corrected chi connectivity index (χ2v) is 20.9. The highest BCUT2D eigenvalue weighted by Crippen LogP contribution is 2.43. The second-order valence-electron chi connectivity index (χ2n) is 17.1. The molecule has 0 fully saturated rings. The molecular formula is C63H43N3OSi. The fourth-order valence-electron chi connectivity index (χ4n) is 9.95. The molecule has 0 amide bonds. The summed E-state index contributed by atoms with van der Waals surface area (Å²) in [5, 5.41) is 7.39. The first kappa shape index (κ1) is 40.7. The number of hydrogen-bond donors (Lipinski definition) is 0. The standard InChI is InChI=1S/C63H43N3OSi/c1-7-22-44(23-8-1)49-41-56(47-28-21-35-53(40-47)68(50-29-13-4-14-30-50,51-31-15-5-16-32-51)52-33-17-6-18-34-52)60(45-24-9-2-10-25-45)57(42-49)63-65-61(46-26-11-3-12-27-46)64-62(66-63)48-38-39-55-54-36-19-20-37-58(54)67-59(55)43-48/h1-43H. The minimum Gasteiger partial charge on any atom is -0.456 e. The van der Waals surface area contributed by atoms with Crippen molar-refractivity contribution < 1.29 is 4.42 Å². The average molecular weight is 886 g/mol. The molecule has 0 saturated heterocycles. The van der Waals surface area contributed by atoms with E-state index in [1.165, 1.54) is 20.7 Å². The van der Waals surface area contributed by atoms with Crippen LogP contribution < -0.4 is 20.7 Å². The summed E-state index contributed by atoms with van der Waals surface area (Å²) in [5.41, 5.74) is 10.7. The van der Waals surface area contributed by atoms with Gasteiger partial charge in [-0.1, -0.05) is 231 Å². The Balaban J connectivity index is 1.15. The topological polar surface area (TPSA) is 51.8 Å². The second kappa shape index (κ2) is 17.6. The summed E-state index contributed by atoms with van der Waals surface area (Å²) in [4.78, 5) is 16.0. The van der Waals surface area contributed by atoms with Crippen LogP contribution in [0.1, 0.15) is 0 Å². The largest absolute Gasteiger partial charge is 0.456 e. The van der Waals surface area contributed by atoms with Crippen molar-refractivity contribution in [3.8, 4) is 67.5 Å². The van der Waals surface area contributed by atoms with Crippen LogP contribution in [0.3, 0.4) is 0 Å². The number of hydrogen-bond acceptors (Lipinski definition) is 4. The Morgan fingerprint density at radius 3 is 1.34 bits per heavy atom. The van der Waals surface area contributed by atoms with Gasteiger partial charge in [-0.25, -0.2) is 15.0 Å². The fourth-order valence-corrected chi connectivity index (χ4v) is 14.7. The van der Waals surface area contributed by atoms with Gasteiger partial charge in [-0.15, -0.1) is 0 Å². The maximum absolute atomic E-state index is 6.40. The SMILES string of the molecule is c1ccc(-c2cc(-c3cccc([Si](c4ccccc4)(c4ccccc4)c4ccccc4)c3)c(-c3ccccc3)c(-c3nc(-c4ccccc4)nc(-c4ccc5c(c4)oc4ccccc45)n3)c2)cc1. The zero-order valence-corrected chi connectivity index (χ0v) is 38.1. The van der Waals surface area contributed by atoms with E-state index in [2.05, 4.69) is 224 Å². The first-order valence-electron chi connectivity index (χ1n) is 23.0. The van der Waals surface area contributed by atoms with Crippen LogP contribution in [0, 0.1) is 0 Å². The van der Waals surface area contributed by atoms with Crippen LogP contribution in [0.15, 0.2) is 265 Å². The Bertz CT molecular complexity index is 3620. The molecule has 0 spiro atoms. The Morgan fingerprint density at radius 1 is 0.265 bits per heavy atom. The molecule has 2 heterocycles. The van der Waals surface area contributed by atoms with E-state index in [1.54, 1.807) is 0 Å². The predicted octanol–water partition coefficient (Wildman–Crippen LogP) is 13.2. The zero-order chi connectivity index (χ0) is 45.3. The first-order chi connectivity index (χ1) is 33.7. The Hall–Kier alpha value is -8.77. The summed E-state index contributed by atoms with van der Waals surface area (Å²) in [6, 6.07) is 93.1. The van der Waals surface area contributed by atoms with E-state index in [0.717, 1.165) is 72.0 Å². The van der Waals surface area contributed by atoms with Crippen molar-refractivity contribution in [2.75, 3.05) is 0 Å². The summed E-state index contributed by atoms with van der Waals surface area (Å²) >= 11 is 0. The average Bonchev–Trinajstić information content (AvgIpc) is 3.80. The lowest BCUT2D eigenvalue weighted by Gasteiger charge is -2.34. The summed E-state index contributed by atoms with van der Waals surface area (Å²) in [6.07, 6.45) is 0. The molecule has 0 saturated carbocycles. The molecule has 12 aromatic rings. The van der Waals surface area contributed by atoms with E-state index in [9.17, 15) is 0 Å². The molecule has 10 aromatic carbocycles. The fraction of sp³-hybridized carbons (Fsp3) is 0. The van der Waals surface area contributed by atoms with Gasteiger partial charge in [0.25, 0.3) is 0 Å². The normalized spacial score (nSPS) is 11.5. The van der Waals surface area contributed by atoms with Crippen LogP contribution >= 0.6 is 0 Å². The highest BCUT2D eigenvalue weighted by atomic mass is 28.3. The third-order valence-electron chi connectivity index (χ3n) is 13.1. The third kappa shape index (κ3) is 7.32. The van der Waals surface area contributed by atoms with Crippen LogP contribution in [-0.2, 0) is 0 Å². The molecule has 68 heavy (non-hydrogen) atoms. The van der Waals surface area contributed by atoms with Gasteiger partial charge in [0.1, 0.15) is 11.2 Å². The highest BCUT2D eigenvalue weighted by molar-refractivity contribution is 7.19. The quantitative estimate of drug-likeness (QED) is 0.101. The molecule has 12 rings (SSSR count). The zero-order valence-electron chi connectivity index (χ0n) is 37.1. The maximum atomic E-state index is 6.40. The number of benzene rings is 10. The van der Waals surface area contributed by atoms with Gasteiger partial charge in [-0.05, 0) is 78.9 Å². The van der Waals surface area contributed by atoms with Crippen molar-refractivity contribution in [1.29, 1.82) is 0 Å². The van der Waals surface area contributed by atoms with E-state index in [-0.39, 0.29) is 0 Å². The van der Waals surface area contributed by atoms with E-state index in [1.807, 2.05) is 36.4 Å². The molecule has 2 aromatic heterocycles. The molecule has 320 valence electrons. The van der Waals surface area contributed by atoms with Crippen molar-refractivity contribution in [2.45, 2.75) is 0 Å². The van der Waals surface area contributed by atoms with Crippen LogP contribution in [0.25, 0.3) is 89.5 Å². The number of furan rings is 1. The molecule has 5 heteroatoms. The van der Waals surface area contributed by atoms with Gasteiger partial charge in [0, 0.05) is 33.0 Å². The third-order valence-corrected chi connectivity index (χ3v) is 17.9. The monoisotopic (exact) mass is 885 g/mol. The summed E-state index contributed by atoms with van der Waals surface area (Å²) in [5.74, 6) is 1.73. The van der Waals surface area contributed by atoms with Crippen molar-refractivity contribution in [3.63, 3.8) is 0 Å². The predicted molar refractivity (Wildman–Crippen MR) is 283 cm³/mol. The minimum atomic E-state index is -2.88. The lowest BCUT2D eigenvalue weighted by atomic mass is 9.86. The van der Waals surface area contributed by atoms with Crippen LogP contribution in [0.4, 0.5) is 0 Å². The van der Waals surface area contributed by atoms with Gasteiger partial charge in [-0.3, -0.25) is 0 Å². The lowest BCUT2D eigenvalue weighted by molar-refractivity contribution is 0.669. The molecule has 0 atom stereocenters. The van der Waals surface area contributed by atoms with Gasteiger partial charge >= 0.3 is 0 Å². The lowest BCUT2D eigenvalue weighted by Crippen LogP contribution is -2.74. The van der Waals surface area contributed by atoms with Gasteiger partial charge < -0.3 is 4.42 Å². The Kier molecular flexibility index (Phi) is 10.5. The van der Waals surface area contributed by atoms with E-state index in [4.69, 9.17) is 19.4 Å². The highest BCUT2D eigenvalue weighted by Gasteiger charge is 2.41. The molecule has 0 N–H and O–H groups in total. The molecule has 0 radical (unpaired) electrons. The number of para-hydroxylation sites is 1. The molecule has 0 aliphatic carbocycles. The van der Waals surface area contributed by atoms with Gasteiger partial charge in [0.05, 0.1) is 0 Å². The number of nitrogens with zero attached hydrogens (tertiary/aromatic N) is 3. The maximum Gasteiger partial charge on any atom is 0.179 e. The van der Waals surface area contributed by atoms with E-state index in [0.29, 0.717) is 17.5 Å². The molecular weight excluding hydrogens is 843 g/mol. The van der Waals surface area contributed by atoms with Crippen LogP contribution in [0.2, 0.25) is 0 Å². The molecule has 0 aliphatic heterocycles. The molecule has 0 aliphatic rings. The van der Waals surface area contributed by atoms with Gasteiger partial charge in [-0.2, -0.15) is 0 Å². The number of fused-ring (bicyclic) bond motifs is 3. The van der Waals surface area contributed by atoms with Crippen molar-refractivity contribution in [1.82, 2.24) is 15.0 Å². The minimum absolute atomic E-state index is 0.563.